The van der Waals surface area contributed by atoms with E-state index in [9.17, 15) is 9.59 Å². The van der Waals surface area contributed by atoms with E-state index in [0.29, 0.717) is 44.0 Å². The number of carbonyl (C=O) groups excluding carboxylic acids is 2. The monoisotopic (exact) mass is 415 g/mol. The van der Waals surface area contributed by atoms with Crippen LogP contribution in [0.25, 0.3) is 0 Å². The van der Waals surface area contributed by atoms with Crippen LogP contribution in [0.4, 0.5) is 4.79 Å². The Morgan fingerprint density at radius 3 is 2.62 bits per heavy atom. The van der Waals surface area contributed by atoms with Crippen LogP contribution in [0.15, 0.2) is 42.5 Å². The van der Waals surface area contributed by atoms with E-state index in [1.807, 2.05) is 35.2 Å². The molecule has 0 saturated carbocycles. The van der Waals surface area contributed by atoms with Crippen LogP contribution < -0.4 is 4.74 Å². The summed E-state index contributed by atoms with van der Waals surface area (Å²) in [5.74, 6) is 0.191. The van der Waals surface area contributed by atoms with E-state index in [1.54, 1.807) is 17.0 Å². The van der Waals surface area contributed by atoms with Crippen molar-refractivity contribution in [3.63, 3.8) is 0 Å². The fraction of sp³-hybridized carbons (Fsp3) is 0.381. The van der Waals surface area contributed by atoms with Gasteiger partial charge in [-0.1, -0.05) is 41.9 Å². The van der Waals surface area contributed by atoms with Crippen LogP contribution in [-0.2, 0) is 4.74 Å². The van der Waals surface area contributed by atoms with Crippen molar-refractivity contribution in [2.45, 2.75) is 24.9 Å². The van der Waals surface area contributed by atoms with Gasteiger partial charge in [0.1, 0.15) is 11.8 Å². The predicted octanol–water partition coefficient (Wildman–Crippen LogP) is 3.54. The number of rotatable bonds is 4. The fourth-order valence-electron chi connectivity index (χ4n) is 4.00. The number of methoxy groups -OCH3 is 1. The van der Waals surface area contributed by atoms with Crippen LogP contribution >= 0.6 is 11.6 Å². The van der Waals surface area contributed by atoms with Crippen LogP contribution in [0, 0.1) is 0 Å². The Hall–Kier alpha value is -2.80. The van der Waals surface area contributed by atoms with Gasteiger partial charge in [0, 0.05) is 30.8 Å². The largest absolute Gasteiger partial charge is 0.481 e. The lowest BCUT2D eigenvalue weighted by Crippen LogP contribution is -2.47. The molecule has 0 N–H and O–H groups in total. The van der Waals surface area contributed by atoms with E-state index >= 15 is 0 Å². The number of aromatic nitrogens is 1. The number of piperidine rings is 1. The molecule has 3 heterocycles. The molecule has 29 heavy (non-hydrogen) atoms. The first-order chi connectivity index (χ1) is 14.1. The first-order valence-corrected chi connectivity index (χ1v) is 9.95. The lowest BCUT2D eigenvalue weighted by atomic mass is 9.98. The second kappa shape index (κ2) is 8.29. The van der Waals surface area contributed by atoms with E-state index in [1.165, 1.54) is 7.11 Å². The number of hydrogen-bond donors (Lipinski definition) is 0. The highest BCUT2D eigenvalue weighted by molar-refractivity contribution is 6.29. The van der Waals surface area contributed by atoms with E-state index in [0.717, 1.165) is 5.56 Å². The maximum absolute atomic E-state index is 12.9. The van der Waals surface area contributed by atoms with Crippen LogP contribution in [0.2, 0.25) is 5.15 Å². The molecular weight excluding hydrogens is 394 g/mol. The van der Waals surface area contributed by atoms with E-state index in [-0.39, 0.29) is 29.2 Å². The number of hydrogen-bond acceptors (Lipinski definition) is 5. The highest BCUT2D eigenvalue weighted by Crippen LogP contribution is 2.33. The summed E-state index contributed by atoms with van der Waals surface area (Å²) in [4.78, 5) is 32.9. The molecule has 7 nitrogen and oxygen atoms in total. The second-order valence-electron chi connectivity index (χ2n) is 7.15. The molecule has 1 aromatic carbocycles. The number of nitrogens with zero attached hydrogens (tertiary/aromatic N) is 3. The lowest BCUT2D eigenvalue weighted by Gasteiger charge is -2.38. The van der Waals surface area contributed by atoms with E-state index in [4.69, 9.17) is 21.1 Å². The summed E-state index contributed by atoms with van der Waals surface area (Å²) >= 11 is 5.99. The van der Waals surface area contributed by atoms with Crippen molar-refractivity contribution >= 4 is 23.6 Å². The van der Waals surface area contributed by atoms with Gasteiger partial charge in [-0.3, -0.25) is 9.69 Å². The number of amides is 2. The maximum atomic E-state index is 12.9. The average molecular weight is 416 g/mol. The number of cyclic esters (lactones) is 1. The molecule has 1 unspecified atom stereocenters. The first kappa shape index (κ1) is 19.5. The smallest absolute Gasteiger partial charge is 0.410 e. The van der Waals surface area contributed by atoms with Gasteiger partial charge < -0.3 is 14.4 Å². The minimum absolute atomic E-state index is 0.0369. The minimum atomic E-state index is -0.283. The predicted molar refractivity (Wildman–Crippen MR) is 107 cm³/mol. The summed E-state index contributed by atoms with van der Waals surface area (Å²) < 4.78 is 10.4. The summed E-state index contributed by atoms with van der Waals surface area (Å²) in [6.07, 6.45) is 1.11. The number of halogens is 1. The molecule has 2 amide bonds. The van der Waals surface area contributed by atoms with Gasteiger partial charge >= 0.3 is 6.09 Å². The van der Waals surface area contributed by atoms with Crippen LogP contribution in [0.1, 0.15) is 34.8 Å². The fourth-order valence-corrected chi connectivity index (χ4v) is 4.20. The number of pyridine rings is 1. The zero-order valence-corrected chi connectivity index (χ0v) is 16.8. The molecule has 2 saturated heterocycles. The quantitative estimate of drug-likeness (QED) is 0.714. The average Bonchev–Trinajstić information content (AvgIpc) is 3.15. The Labute approximate surface area is 174 Å². The normalized spacial score (nSPS) is 19.9. The van der Waals surface area contributed by atoms with Crippen LogP contribution in [0.5, 0.6) is 5.88 Å². The van der Waals surface area contributed by atoms with Crippen molar-refractivity contribution in [2.75, 3.05) is 26.8 Å². The molecule has 1 aromatic heterocycles. The Bertz CT molecular complexity index is 900. The van der Waals surface area contributed by atoms with Crippen molar-refractivity contribution in [1.29, 1.82) is 0 Å². The van der Waals surface area contributed by atoms with Gasteiger partial charge in [-0.15, -0.1) is 0 Å². The molecule has 2 aliphatic rings. The zero-order valence-electron chi connectivity index (χ0n) is 16.1. The molecule has 2 aromatic rings. The minimum Gasteiger partial charge on any atom is -0.481 e. The SMILES string of the molecule is COc1cc(C(=O)N2CCC(N3C(=O)OCC3c3ccccc3)CC2)cc(Cl)n1. The van der Waals surface area contributed by atoms with Crippen molar-refractivity contribution in [3.05, 3.63) is 58.7 Å². The lowest BCUT2D eigenvalue weighted by molar-refractivity contribution is 0.0635. The summed E-state index contributed by atoms with van der Waals surface area (Å²) in [6.45, 7) is 1.46. The van der Waals surface area contributed by atoms with E-state index < -0.39 is 0 Å². The van der Waals surface area contributed by atoms with Crippen LogP contribution in [-0.4, -0.2) is 59.6 Å². The summed E-state index contributed by atoms with van der Waals surface area (Å²) in [6, 6.07) is 13.0. The van der Waals surface area contributed by atoms with Gasteiger partial charge in [0.2, 0.25) is 5.88 Å². The highest BCUT2D eigenvalue weighted by atomic mass is 35.5. The molecule has 2 fully saturated rings. The standard InChI is InChI=1S/C21H22ClN3O4/c1-28-19-12-15(11-18(22)23-19)20(26)24-9-7-16(8-10-24)25-17(13-29-21(25)27)14-5-3-2-4-6-14/h2-6,11-12,16-17H,7-10,13H2,1H3. The molecule has 152 valence electrons. The molecule has 4 rings (SSSR count). The van der Waals surface area contributed by atoms with Crippen LogP contribution in [0.3, 0.4) is 0 Å². The van der Waals surface area contributed by atoms with Crippen molar-refractivity contribution < 1.29 is 19.1 Å². The van der Waals surface area contributed by atoms with Crippen molar-refractivity contribution in [2.24, 2.45) is 0 Å². The van der Waals surface area contributed by atoms with Gasteiger partial charge in [-0.2, -0.15) is 0 Å². The van der Waals surface area contributed by atoms with Gasteiger partial charge in [0.05, 0.1) is 13.2 Å². The third kappa shape index (κ3) is 4.00. The topological polar surface area (TPSA) is 72.0 Å². The van der Waals surface area contributed by atoms with Crippen molar-refractivity contribution in [3.8, 4) is 5.88 Å². The number of carbonyl (C=O) groups is 2. The molecule has 0 spiro atoms. The molecule has 0 radical (unpaired) electrons. The number of benzene rings is 1. The summed E-state index contributed by atoms with van der Waals surface area (Å²) in [5, 5.41) is 0.216. The van der Waals surface area contributed by atoms with Gasteiger partial charge in [0.25, 0.3) is 5.91 Å². The third-order valence-corrected chi connectivity index (χ3v) is 5.66. The van der Waals surface area contributed by atoms with Gasteiger partial charge in [-0.25, -0.2) is 9.78 Å². The van der Waals surface area contributed by atoms with Gasteiger partial charge in [-0.05, 0) is 24.5 Å². The molecule has 0 aliphatic carbocycles. The van der Waals surface area contributed by atoms with E-state index in [2.05, 4.69) is 4.98 Å². The number of likely N-dealkylation sites (tertiary alicyclic amines) is 1. The third-order valence-electron chi connectivity index (χ3n) is 5.47. The Morgan fingerprint density at radius 2 is 1.93 bits per heavy atom. The molecule has 8 heteroatoms. The number of ether oxygens (including phenoxy) is 2. The van der Waals surface area contributed by atoms with Gasteiger partial charge in [0.15, 0.2) is 0 Å². The second-order valence-corrected chi connectivity index (χ2v) is 7.54. The summed E-state index contributed by atoms with van der Waals surface area (Å²) in [7, 11) is 1.48. The zero-order chi connectivity index (χ0) is 20.4. The maximum Gasteiger partial charge on any atom is 0.410 e. The Morgan fingerprint density at radius 1 is 1.21 bits per heavy atom. The summed E-state index contributed by atoms with van der Waals surface area (Å²) in [5.41, 5.74) is 1.51. The first-order valence-electron chi connectivity index (χ1n) is 9.57. The molecule has 1 atom stereocenters. The van der Waals surface area contributed by atoms with Crippen molar-refractivity contribution in [1.82, 2.24) is 14.8 Å². The molecule has 0 bridgehead atoms. The Kier molecular flexibility index (Phi) is 5.58. The molecular formula is C21H22ClN3O4. The Balaban J connectivity index is 1.44. The highest BCUT2D eigenvalue weighted by Gasteiger charge is 2.40. The molecule has 2 aliphatic heterocycles.